The number of hydrogen-bond acceptors (Lipinski definition) is 0. The summed E-state index contributed by atoms with van der Waals surface area (Å²) in [6.45, 7) is 16.0. The van der Waals surface area contributed by atoms with Crippen molar-refractivity contribution >= 4 is 0 Å². The second-order valence-corrected chi connectivity index (χ2v) is 6.26. The Balaban J connectivity index is 2.79. The van der Waals surface area contributed by atoms with Crippen LogP contribution >= 0.6 is 0 Å². The van der Waals surface area contributed by atoms with Crippen molar-refractivity contribution < 1.29 is 0 Å². The van der Waals surface area contributed by atoms with E-state index < -0.39 is 0 Å². The maximum atomic E-state index is 3.90. The molecule has 0 heterocycles. The zero-order chi connectivity index (χ0) is 11.6. The van der Waals surface area contributed by atoms with Crippen LogP contribution in [-0.2, 0) is 0 Å². The number of rotatable bonds is 3. The highest BCUT2D eigenvalue weighted by atomic mass is 14.5. The lowest BCUT2D eigenvalue weighted by Gasteiger charge is -2.49. The first kappa shape index (κ1) is 12.8. The van der Waals surface area contributed by atoms with E-state index in [2.05, 4.69) is 47.3 Å². The first-order valence-electron chi connectivity index (χ1n) is 6.52. The van der Waals surface area contributed by atoms with Crippen LogP contribution in [0.3, 0.4) is 0 Å². The molecular formula is C15H28. The minimum atomic E-state index is 0.542. The van der Waals surface area contributed by atoms with Crippen molar-refractivity contribution in [2.75, 3.05) is 0 Å². The quantitative estimate of drug-likeness (QED) is 0.578. The molecule has 0 bridgehead atoms. The van der Waals surface area contributed by atoms with Gasteiger partial charge >= 0.3 is 0 Å². The third-order valence-corrected chi connectivity index (χ3v) is 5.15. The van der Waals surface area contributed by atoms with Gasteiger partial charge in [0.2, 0.25) is 0 Å². The number of allylic oxidation sites excluding steroid dienone is 1. The maximum Gasteiger partial charge on any atom is -0.0274 e. The van der Waals surface area contributed by atoms with Crippen LogP contribution in [0.4, 0.5) is 0 Å². The van der Waals surface area contributed by atoms with E-state index in [9.17, 15) is 0 Å². The van der Waals surface area contributed by atoms with Gasteiger partial charge in [0.05, 0.1) is 0 Å². The minimum absolute atomic E-state index is 0.542. The summed E-state index contributed by atoms with van der Waals surface area (Å²) in [5, 5.41) is 0. The highest BCUT2D eigenvalue weighted by Crippen LogP contribution is 2.51. The van der Waals surface area contributed by atoms with Gasteiger partial charge in [-0.2, -0.15) is 0 Å². The monoisotopic (exact) mass is 208 g/mol. The van der Waals surface area contributed by atoms with E-state index in [1.54, 1.807) is 0 Å². The second-order valence-electron chi connectivity index (χ2n) is 6.26. The molecule has 1 aliphatic rings. The SMILES string of the molecule is C=CCC1CC(C)(C(C)C)C(C)CC1C. The van der Waals surface area contributed by atoms with Crippen molar-refractivity contribution in [2.45, 2.75) is 53.9 Å². The molecule has 0 N–H and O–H groups in total. The molecule has 1 fully saturated rings. The lowest BCUT2D eigenvalue weighted by Crippen LogP contribution is -2.40. The van der Waals surface area contributed by atoms with Crippen LogP contribution in [0.2, 0.25) is 0 Å². The topological polar surface area (TPSA) is 0 Å². The van der Waals surface area contributed by atoms with Crippen LogP contribution < -0.4 is 0 Å². The second kappa shape index (κ2) is 4.72. The van der Waals surface area contributed by atoms with Crippen molar-refractivity contribution in [1.82, 2.24) is 0 Å². The van der Waals surface area contributed by atoms with Gasteiger partial charge in [-0.3, -0.25) is 0 Å². The Morgan fingerprint density at radius 1 is 1.40 bits per heavy atom. The summed E-state index contributed by atoms with van der Waals surface area (Å²) in [7, 11) is 0. The van der Waals surface area contributed by atoms with Crippen molar-refractivity contribution in [3.63, 3.8) is 0 Å². The fourth-order valence-electron chi connectivity index (χ4n) is 3.32. The standard InChI is InChI=1S/C15H28/c1-7-8-14-10-15(6,11(2)3)13(5)9-12(14)4/h7,11-14H,1,8-10H2,2-6H3. The van der Waals surface area contributed by atoms with Crippen LogP contribution in [0.1, 0.15) is 53.9 Å². The maximum absolute atomic E-state index is 3.90. The molecule has 0 spiro atoms. The van der Waals surface area contributed by atoms with Crippen LogP contribution in [0.15, 0.2) is 12.7 Å². The zero-order valence-electron chi connectivity index (χ0n) is 11.2. The molecule has 4 atom stereocenters. The van der Waals surface area contributed by atoms with E-state index in [4.69, 9.17) is 0 Å². The molecule has 0 radical (unpaired) electrons. The molecule has 1 aliphatic carbocycles. The summed E-state index contributed by atoms with van der Waals surface area (Å²) < 4.78 is 0. The van der Waals surface area contributed by atoms with Gasteiger partial charge in [-0.05, 0) is 48.3 Å². The molecule has 0 aromatic heterocycles. The summed E-state index contributed by atoms with van der Waals surface area (Å²) in [6, 6.07) is 0. The molecule has 88 valence electrons. The van der Waals surface area contributed by atoms with Gasteiger partial charge in [0, 0.05) is 0 Å². The zero-order valence-corrected chi connectivity index (χ0v) is 11.2. The molecule has 0 nitrogen and oxygen atoms in total. The van der Waals surface area contributed by atoms with Crippen LogP contribution in [-0.4, -0.2) is 0 Å². The molecule has 4 unspecified atom stereocenters. The highest BCUT2D eigenvalue weighted by molar-refractivity contribution is 4.93. The molecule has 0 heteroatoms. The molecule has 0 aromatic rings. The van der Waals surface area contributed by atoms with Crippen LogP contribution in [0.5, 0.6) is 0 Å². The fraction of sp³-hybridized carbons (Fsp3) is 0.867. The van der Waals surface area contributed by atoms with Gasteiger partial charge in [-0.25, -0.2) is 0 Å². The summed E-state index contributed by atoms with van der Waals surface area (Å²) in [6.07, 6.45) is 6.10. The van der Waals surface area contributed by atoms with E-state index in [-0.39, 0.29) is 0 Å². The Labute approximate surface area is 96.2 Å². The summed E-state index contributed by atoms with van der Waals surface area (Å²) in [5.74, 6) is 3.41. The minimum Gasteiger partial charge on any atom is -0.103 e. The first-order chi connectivity index (χ1) is 6.91. The summed E-state index contributed by atoms with van der Waals surface area (Å²) in [5.41, 5.74) is 0.542. The summed E-state index contributed by atoms with van der Waals surface area (Å²) >= 11 is 0. The van der Waals surface area contributed by atoms with Gasteiger partial charge < -0.3 is 0 Å². The third-order valence-electron chi connectivity index (χ3n) is 5.15. The smallest absolute Gasteiger partial charge is 0.0274 e. The average molecular weight is 208 g/mol. The van der Waals surface area contributed by atoms with Gasteiger partial charge in [-0.1, -0.05) is 40.7 Å². The Morgan fingerprint density at radius 2 is 2.00 bits per heavy atom. The lowest BCUT2D eigenvalue weighted by atomic mass is 9.56. The predicted octanol–water partition coefficient (Wildman–Crippen LogP) is 4.91. The lowest BCUT2D eigenvalue weighted by molar-refractivity contribution is 0.0106. The molecule has 0 amide bonds. The van der Waals surface area contributed by atoms with E-state index in [0.717, 1.165) is 23.7 Å². The van der Waals surface area contributed by atoms with E-state index in [0.29, 0.717) is 5.41 Å². The molecular weight excluding hydrogens is 180 g/mol. The largest absolute Gasteiger partial charge is 0.103 e. The number of hydrogen-bond donors (Lipinski definition) is 0. The normalized spacial score (nSPS) is 41.9. The van der Waals surface area contributed by atoms with Crippen molar-refractivity contribution in [3.05, 3.63) is 12.7 Å². The van der Waals surface area contributed by atoms with Gasteiger partial charge in [0.1, 0.15) is 0 Å². The predicted molar refractivity (Wildman–Crippen MR) is 68.8 cm³/mol. The molecule has 1 rings (SSSR count). The van der Waals surface area contributed by atoms with Crippen molar-refractivity contribution in [2.24, 2.45) is 29.1 Å². The fourth-order valence-corrected chi connectivity index (χ4v) is 3.32. The Kier molecular flexibility index (Phi) is 4.03. The third kappa shape index (κ3) is 2.46. The van der Waals surface area contributed by atoms with Gasteiger partial charge in [-0.15, -0.1) is 6.58 Å². The van der Waals surface area contributed by atoms with Crippen molar-refractivity contribution in [3.8, 4) is 0 Å². The molecule has 0 saturated heterocycles. The molecule has 1 saturated carbocycles. The van der Waals surface area contributed by atoms with E-state index >= 15 is 0 Å². The van der Waals surface area contributed by atoms with Crippen molar-refractivity contribution in [1.29, 1.82) is 0 Å². The van der Waals surface area contributed by atoms with Gasteiger partial charge in [0.25, 0.3) is 0 Å². The van der Waals surface area contributed by atoms with E-state index in [1.807, 2.05) is 0 Å². The first-order valence-corrected chi connectivity index (χ1v) is 6.52. The Hall–Kier alpha value is -0.260. The Bertz CT molecular complexity index is 216. The summed E-state index contributed by atoms with van der Waals surface area (Å²) in [4.78, 5) is 0. The van der Waals surface area contributed by atoms with Gasteiger partial charge in [0.15, 0.2) is 0 Å². The molecule has 0 aromatic carbocycles. The molecule has 0 aliphatic heterocycles. The Morgan fingerprint density at radius 3 is 2.47 bits per heavy atom. The molecule has 15 heavy (non-hydrogen) atoms. The van der Waals surface area contributed by atoms with E-state index in [1.165, 1.54) is 19.3 Å². The average Bonchev–Trinajstić information content (AvgIpc) is 2.14. The van der Waals surface area contributed by atoms with Crippen LogP contribution in [0, 0.1) is 29.1 Å². The highest BCUT2D eigenvalue weighted by Gasteiger charge is 2.42. The van der Waals surface area contributed by atoms with Crippen LogP contribution in [0.25, 0.3) is 0 Å².